The minimum absolute atomic E-state index is 0.0557. The van der Waals surface area contributed by atoms with Gasteiger partial charge in [0, 0.05) is 52.9 Å². The Hall–Kier alpha value is -3.30. The first-order valence-electron chi connectivity index (χ1n) is 11.3. The summed E-state index contributed by atoms with van der Waals surface area (Å²) in [4.78, 5) is 29.8. The average Bonchev–Trinajstić information content (AvgIpc) is 3.10. The summed E-state index contributed by atoms with van der Waals surface area (Å²) >= 11 is 1.51. The van der Waals surface area contributed by atoms with Gasteiger partial charge in [0.15, 0.2) is 0 Å². The minimum atomic E-state index is -0.829. The van der Waals surface area contributed by atoms with E-state index in [9.17, 15) is 14.7 Å². The Bertz CT molecular complexity index is 1190. The highest BCUT2D eigenvalue weighted by atomic mass is 32.2. The molecule has 0 aliphatic rings. The summed E-state index contributed by atoms with van der Waals surface area (Å²) in [5, 5.41) is 21.6. The Kier molecular flexibility index (Phi) is 8.58. The lowest BCUT2D eigenvalue weighted by atomic mass is 10.1. The van der Waals surface area contributed by atoms with E-state index in [1.165, 1.54) is 23.9 Å². The predicted octanol–water partition coefficient (Wildman–Crippen LogP) is 5.20. The van der Waals surface area contributed by atoms with Gasteiger partial charge in [-0.15, -0.1) is 11.8 Å². The van der Waals surface area contributed by atoms with Gasteiger partial charge < -0.3 is 24.8 Å². The Morgan fingerprint density at radius 3 is 2.51 bits per heavy atom. The summed E-state index contributed by atoms with van der Waals surface area (Å²) in [6.07, 6.45) is 0.811. The summed E-state index contributed by atoms with van der Waals surface area (Å²) in [5.41, 5.74) is 2.37. The number of carbonyl (C=O) groups excluding carboxylic acids is 1. The van der Waals surface area contributed by atoms with Crippen molar-refractivity contribution in [1.29, 1.82) is 0 Å². The highest BCUT2D eigenvalue weighted by molar-refractivity contribution is 8.00. The molecule has 3 N–H and O–H groups in total. The number of carbonyl (C=O) groups is 2. The molecule has 1 aromatic heterocycles. The van der Waals surface area contributed by atoms with E-state index < -0.39 is 10.7 Å². The van der Waals surface area contributed by atoms with E-state index in [2.05, 4.69) is 10.3 Å². The molecular formula is C26H31N3O5S. The number of phenols is 1. The minimum Gasteiger partial charge on any atom is -0.508 e. The highest BCUT2D eigenvalue weighted by Gasteiger charge is 2.24. The van der Waals surface area contributed by atoms with Crippen molar-refractivity contribution < 1.29 is 24.5 Å². The van der Waals surface area contributed by atoms with Gasteiger partial charge in [-0.05, 0) is 51.5 Å². The van der Waals surface area contributed by atoms with Gasteiger partial charge >= 0.3 is 5.97 Å². The second-order valence-corrected chi connectivity index (χ2v) is 10.6. The molecule has 2 aromatic carbocycles. The molecule has 1 heterocycles. The van der Waals surface area contributed by atoms with Crippen molar-refractivity contribution >= 4 is 29.3 Å². The third kappa shape index (κ3) is 7.10. The number of carboxylic acids is 1. The van der Waals surface area contributed by atoms with Crippen LogP contribution in [-0.2, 0) is 16.1 Å². The molecule has 0 atom stereocenters. The number of thioether (sulfide) groups is 1. The molecule has 35 heavy (non-hydrogen) atoms. The molecule has 9 heteroatoms. The number of rotatable bonds is 11. The summed E-state index contributed by atoms with van der Waals surface area (Å²) in [5.74, 6) is -0.456. The molecule has 0 unspecified atom stereocenters. The van der Waals surface area contributed by atoms with Gasteiger partial charge in [0.2, 0.25) is 0 Å². The Morgan fingerprint density at radius 1 is 1.17 bits per heavy atom. The number of hydrogen-bond donors (Lipinski definition) is 3. The maximum atomic E-state index is 13.0. The molecule has 0 aliphatic heterocycles. The second-order valence-electron chi connectivity index (χ2n) is 8.83. The number of amides is 1. The number of nitrogens with one attached hydrogen (secondary N) is 1. The number of imidazole rings is 1. The second kappa shape index (κ2) is 11.4. The molecule has 8 nitrogen and oxygen atoms in total. The van der Waals surface area contributed by atoms with E-state index in [4.69, 9.17) is 9.84 Å². The number of ether oxygens (including phenoxy) is 1. The van der Waals surface area contributed by atoms with Crippen molar-refractivity contribution in [2.24, 2.45) is 0 Å². The number of aromatic hydroxyl groups is 1. The molecule has 0 spiro atoms. The van der Waals surface area contributed by atoms with Crippen LogP contribution in [0.15, 0.2) is 53.4 Å². The first kappa shape index (κ1) is 26.3. The Morgan fingerprint density at radius 2 is 1.89 bits per heavy atom. The average molecular weight is 498 g/mol. The number of carboxylic acid groups (broad SMARTS) is 1. The van der Waals surface area contributed by atoms with Crippen LogP contribution in [0.25, 0.3) is 11.4 Å². The molecule has 0 fully saturated rings. The number of aromatic nitrogens is 2. The maximum Gasteiger partial charge on any atom is 0.304 e. The van der Waals surface area contributed by atoms with Gasteiger partial charge in [-0.1, -0.05) is 18.2 Å². The van der Waals surface area contributed by atoms with Crippen molar-refractivity contribution in [3.8, 4) is 17.1 Å². The summed E-state index contributed by atoms with van der Waals surface area (Å²) in [6, 6.07) is 14.1. The smallest absolute Gasteiger partial charge is 0.304 e. The number of benzene rings is 2. The Balaban J connectivity index is 1.89. The lowest BCUT2D eigenvalue weighted by molar-refractivity contribution is -0.137. The number of aliphatic carboxylic acids is 1. The van der Waals surface area contributed by atoms with Crippen LogP contribution in [-0.4, -0.2) is 50.1 Å². The third-order valence-electron chi connectivity index (χ3n) is 5.35. The number of nitrogens with zero attached hydrogens (tertiary/aromatic N) is 2. The largest absolute Gasteiger partial charge is 0.508 e. The SMILES string of the molecule is COCCCn1c(-c2ccc(SC(C)(C)CC(=O)O)cc2)nc(C(=O)Nc2cccc(O)c2)c1C. The molecule has 3 aromatic rings. The number of methoxy groups -OCH3 is 1. The van der Waals surface area contributed by atoms with E-state index in [1.807, 2.05) is 49.6 Å². The van der Waals surface area contributed by atoms with Crippen molar-refractivity contribution in [1.82, 2.24) is 9.55 Å². The van der Waals surface area contributed by atoms with Gasteiger partial charge in [0.25, 0.3) is 5.91 Å². The zero-order valence-electron chi connectivity index (χ0n) is 20.4. The fraction of sp³-hybridized carbons (Fsp3) is 0.346. The van der Waals surface area contributed by atoms with Gasteiger partial charge in [-0.2, -0.15) is 0 Å². The van der Waals surface area contributed by atoms with Crippen LogP contribution in [0.5, 0.6) is 5.75 Å². The standard InChI is InChI=1S/C26H31N3O5S/c1-17-23(25(33)27-19-7-5-8-20(30)15-19)28-24(29(17)13-6-14-34-4)18-9-11-21(12-10-18)35-26(2,3)16-22(31)32/h5,7-12,15,30H,6,13-14,16H2,1-4H3,(H,27,33)(H,31,32). The molecule has 3 rings (SSSR count). The van der Waals surface area contributed by atoms with Crippen molar-refractivity contribution in [2.75, 3.05) is 19.0 Å². The summed E-state index contributed by atoms with van der Waals surface area (Å²) < 4.78 is 6.76. The molecule has 0 radical (unpaired) electrons. The van der Waals surface area contributed by atoms with Gasteiger partial charge in [0.1, 0.15) is 17.3 Å². The van der Waals surface area contributed by atoms with E-state index in [0.717, 1.165) is 22.6 Å². The van der Waals surface area contributed by atoms with Crippen LogP contribution in [0.3, 0.4) is 0 Å². The zero-order chi connectivity index (χ0) is 25.6. The van der Waals surface area contributed by atoms with E-state index in [0.29, 0.717) is 30.4 Å². The molecule has 0 saturated heterocycles. The van der Waals surface area contributed by atoms with Gasteiger partial charge in [-0.3, -0.25) is 9.59 Å². The van der Waals surface area contributed by atoms with Crippen molar-refractivity contribution in [3.63, 3.8) is 0 Å². The molecular weight excluding hydrogens is 466 g/mol. The quantitative estimate of drug-likeness (QED) is 0.246. The molecule has 186 valence electrons. The third-order valence-corrected chi connectivity index (χ3v) is 6.56. The van der Waals surface area contributed by atoms with Gasteiger partial charge in [-0.25, -0.2) is 4.98 Å². The van der Waals surface area contributed by atoms with Crippen molar-refractivity contribution in [2.45, 2.75) is 49.8 Å². The Labute approximate surface area is 209 Å². The predicted molar refractivity (Wildman–Crippen MR) is 137 cm³/mol. The van der Waals surface area contributed by atoms with Crippen LogP contribution >= 0.6 is 11.8 Å². The molecule has 0 saturated carbocycles. The van der Waals surface area contributed by atoms with Gasteiger partial charge in [0.05, 0.1) is 6.42 Å². The van der Waals surface area contributed by atoms with Crippen LogP contribution < -0.4 is 5.32 Å². The van der Waals surface area contributed by atoms with E-state index >= 15 is 0 Å². The fourth-order valence-corrected chi connectivity index (χ4v) is 4.88. The van der Waals surface area contributed by atoms with Crippen LogP contribution in [0.4, 0.5) is 5.69 Å². The topological polar surface area (TPSA) is 114 Å². The zero-order valence-corrected chi connectivity index (χ0v) is 21.2. The number of anilines is 1. The maximum absolute atomic E-state index is 13.0. The molecule has 1 amide bonds. The monoisotopic (exact) mass is 497 g/mol. The van der Waals surface area contributed by atoms with Crippen LogP contribution in [0.1, 0.15) is 42.9 Å². The van der Waals surface area contributed by atoms with Crippen LogP contribution in [0.2, 0.25) is 0 Å². The lowest BCUT2D eigenvalue weighted by Crippen LogP contribution is -2.19. The number of hydrogen-bond acceptors (Lipinski definition) is 6. The number of phenolic OH excluding ortho intramolecular Hbond substituents is 1. The van der Waals surface area contributed by atoms with E-state index in [-0.39, 0.29) is 18.1 Å². The molecule has 0 bridgehead atoms. The first-order valence-corrected chi connectivity index (χ1v) is 12.1. The summed E-state index contributed by atoms with van der Waals surface area (Å²) in [7, 11) is 1.65. The van der Waals surface area contributed by atoms with E-state index in [1.54, 1.807) is 19.2 Å². The first-order chi connectivity index (χ1) is 16.6. The fourth-order valence-electron chi connectivity index (χ4n) is 3.78. The van der Waals surface area contributed by atoms with Crippen molar-refractivity contribution in [3.05, 3.63) is 59.9 Å². The highest BCUT2D eigenvalue weighted by Crippen LogP contribution is 2.36. The normalized spacial score (nSPS) is 11.4. The lowest BCUT2D eigenvalue weighted by Gasteiger charge is -2.21. The summed E-state index contributed by atoms with van der Waals surface area (Å²) in [6.45, 7) is 6.88. The molecule has 0 aliphatic carbocycles. The van der Waals surface area contributed by atoms with Crippen LogP contribution in [0, 0.1) is 6.92 Å².